The first-order valence-corrected chi connectivity index (χ1v) is 8.74. The molecule has 0 amide bonds. The van der Waals surface area contributed by atoms with Crippen molar-refractivity contribution in [3.63, 3.8) is 0 Å². The highest BCUT2D eigenvalue weighted by Crippen LogP contribution is 2.27. The van der Waals surface area contributed by atoms with Gasteiger partial charge in [-0.2, -0.15) is 0 Å². The van der Waals surface area contributed by atoms with E-state index in [2.05, 4.69) is 11.8 Å². The molecule has 2 rings (SSSR count). The van der Waals surface area contributed by atoms with Crippen LogP contribution >= 0.6 is 11.6 Å². The summed E-state index contributed by atoms with van der Waals surface area (Å²) in [5.41, 5.74) is 1.07. The van der Waals surface area contributed by atoms with Crippen LogP contribution in [0.3, 0.4) is 0 Å². The molecule has 1 saturated heterocycles. The summed E-state index contributed by atoms with van der Waals surface area (Å²) in [6.07, 6.45) is 0.970. The summed E-state index contributed by atoms with van der Waals surface area (Å²) in [6, 6.07) is 7.19. The van der Waals surface area contributed by atoms with Crippen LogP contribution in [0.25, 0.3) is 0 Å². The molecule has 0 bridgehead atoms. The van der Waals surface area contributed by atoms with E-state index in [1.165, 1.54) is 0 Å². The molecule has 19 heavy (non-hydrogen) atoms. The van der Waals surface area contributed by atoms with Gasteiger partial charge >= 0.3 is 0 Å². The summed E-state index contributed by atoms with van der Waals surface area (Å²) in [6.45, 7) is 5.67. The summed E-state index contributed by atoms with van der Waals surface area (Å²) in [4.78, 5) is 2.67. The SMILES string of the molecule is CCS(=O)(=O)c1ccc(N2CCC(Cl)C(C)C2)cc1. The summed E-state index contributed by atoms with van der Waals surface area (Å²) in [5, 5.41) is 0.246. The Kier molecular flexibility index (Phi) is 4.41. The molecule has 1 fully saturated rings. The van der Waals surface area contributed by atoms with E-state index in [1.807, 2.05) is 12.1 Å². The molecule has 1 aromatic rings. The maximum absolute atomic E-state index is 11.8. The van der Waals surface area contributed by atoms with Gasteiger partial charge in [0.05, 0.1) is 10.6 Å². The fraction of sp³-hybridized carbons (Fsp3) is 0.571. The van der Waals surface area contributed by atoms with Gasteiger partial charge in [-0.15, -0.1) is 11.6 Å². The second kappa shape index (κ2) is 5.71. The van der Waals surface area contributed by atoms with Crippen molar-refractivity contribution in [3.05, 3.63) is 24.3 Å². The van der Waals surface area contributed by atoms with Crippen LogP contribution in [0.1, 0.15) is 20.3 Å². The van der Waals surface area contributed by atoms with Gasteiger partial charge in [0.1, 0.15) is 0 Å². The van der Waals surface area contributed by atoms with E-state index in [0.29, 0.717) is 10.8 Å². The number of benzene rings is 1. The van der Waals surface area contributed by atoms with Crippen LogP contribution in [0, 0.1) is 5.92 Å². The van der Waals surface area contributed by atoms with Crippen molar-refractivity contribution in [1.29, 1.82) is 0 Å². The second-order valence-corrected chi connectivity index (χ2v) is 7.96. The summed E-state index contributed by atoms with van der Waals surface area (Å²) in [5.74, 6) is 0.593. The Morgan fingerprint density at radius 3 is 2.47 bits per heavy atom. The molecule has 0 N–H and O–H groups in total. The van der Waals surface area contributed by atoms with Gasteiger partial charge in [0.25, 0.3) is 0 Å². The van der Waals surface area contributed by atoms with Gasteiger partial charge in [-0.3, -0.25) is 0 Å². The van der Waals surface area contributed by atoms with E-state index < -0.39 is 9.84 Å². The summed E-state index contributed by atoms with van der Waals surface area (Å²) in [7, 11) is -3.10. The molecule has 0 aromatic heterocycles. The van der Waals surface area contributed by atoms with Gasteiger partial charge in [0, 0.05) is 24.2 Å². The lowest BCUT2D eigenvalue weighted by Gasteiger charge is -2.35. The van der Waals surface area contributed by atoms with Crippen LogP contribution in [-0.2, 0) is 9.84 Å². The predicted octanol–water partition coefficient (Wildman–Crippen LogP) is 2.93. The highest BCUT2D eigenvalue weighted by Gasteiger charge is 2.24. The maximum atomic E-state index is 11.8. The largest absolute Gasteiger partial charge is 0.371 e. The van der Waals surface area contributed by atoms with Crippen LogP contribution < -0.4 is 4.90 Å². The van der Waals surface area contributed by atoms with Crippen LogP contribution in [0.4, 0.5) is 5.69 Å². The van der Waals surface area contributed by atoms with Crippen molar-refractivity contribution in [2.75, 3.05) is 23.7 Å². The first-order valence-electron chi connectivity index (χ1n) is 6.66. The highest BCUT2D eigenvalue weighted by atomic mass is 35.5. The molecule has 0 spiro atoms. The van der Waals surface area contributed by atoms with Crippen LogP contribution in [0.15, 0.2) is 29.2 Å². The van der Waals surface area contributed by atoms with Gasteiger partial charge in [-0.25, -0.2) is 8.42 Å². The van der Waals surface area contributed by atoms with Crippen molar-refractivity contribution >= 4 is 27.1 Å². The molecule has 106 valence electrons. The molecule has 2 atom stereocenters. The average molecular weight is 302 g/mol. The van der Waals surface area contributed by atoms with E-state index >= 15 is 0 Å². The molecule has 1 aromatic carbocycles. The molecular formula is C14H20ClNO2S. The van der Waals surface area contributed by atoms with Gasteiger partial charge in [-0.05, 0) is 36.6 Å². The number of sulfone groups is 1. The minimum atomic E-state index is -3.10. The lowest BCUT2D eigenvalue weighted by atomic mass is 9.99. The van der Waals surface area contributed by atoms with Crippen molar-refractivity contribution in [1.82, 2.24) is 0 Å². The normalized spacial score (nSPS) is 24.5. The molecule has 0 aliphatic carbocycles. The van der Waals surface area contributed by atoms with Crippen molar-refractivity contribution in [2.24, 2.45) is 5.92 Å². The molecular weight excluding hydrogens is 282 g/mol. The molecule has 0 saturated carbocycles. The van der Waals surface area contributed by atoms with E-state index in [9.17, 15) is 8.42 Å². The molecule has 0 radical (unpaired) electrons. The Morgan fingerprint density at radius 2 is 1.95 bits per heavy atom. The Balaban J connectivity index is 2.15. The lowest BCUT2D eigenvalue weighted by molar-refractivity contribution is 0.454. The van der Waals surface area contributed by atoms with Gasteiger partial charge < -0.3 is 4.90 Å². The quantitative estimate of drug-likeness (QED) is 0.806. The van der Waals surface area contributed by atoms with E-state index in [-0.39, 0.29) is 11.1 Å². The van der Waals surface area contributed by atoms with Gasteiger partial charge in [0.2, 0.25) is 0 Å². The standard InChI is InChI=1S/C14H20ClNO2S/c1-3-19(17,18)13-6-4-12(5-7-13)16-9-8-14(15)11(2)10-16/h4-7,11,14H,3,8-10H2,1-2H3. The van der Waals surface area contributed by atoms with Crippen molar-refractivity contribution in [2.45, 2.75) is 30.5 Å². The number of piperidine rings is 1. The van der Waals surface area contributed by atoms with E-state index in [4.69, 9.17) is 11.6 Å². The smallest absolute Gasteiger partial charge is 0.178 e. The van der Waals surface area contributed by atoms with E-state index in [0.717, 1.165) is 25.2 Å². The van der Waals surface area contributed by atoms with Crippen LogP contribution in [-0.4, -0.2) is 32.6 Å². The number of rotatable bonds is 3. The Morgan fingerprint density at radius 1 is 1.32 bits per heavy atom. The third-order valence-electron chi connectivity index (χ3n) is 3.74. The van der Waals surface area contributed by atoms with Gasteiger partial charge in [-0.1, -0.05) is 13.8 Å². The van der Waals surface area contributed by atoms with Crippen molar-refractivity contribution < 1.29 is 8.42 Å². The molecule has 5 heteroatoms. The monoisotopic (exact) mass is 301 g/mol. The fourth-order valence-corrected chi connectivity index (χ4v) is 3.44. The lowest BCUT2D eigenvalue weighted by Crippen LogP contribution is -2.39. The third-order valence-corrected chi connectivity index (χ3v) is 6.14. The number of anilines is 1. The van der Waals surface area contributed by atoms with Gasteiger partial charge in [0.15, 0.2) is 9.84 Å². The maximum Gasteiger partial charge on any atom is 0.178 e. The minimum absolute atomic E-state index is 0.140. The highest BCUT2D eigenvalue weighted by molar-refractivity contribution is 7.91. The topological polar surface area (TPSA) is 37.4 Å². The zero-order valence-electron chi connectivity index (χ0n) is 11.3. The molecule has 1 aliphatic heterocycles. The second-order valence-electron chi connectivity index (χ2n) is 5.13. The molecule has 1 heterocycles. The Labute approximate surface area is 120 Å². The van der Waals surface area contributed by atoms with Crippen molar-refractivity contribution in [3.8, 4) is 0 Å². The number of hydrogen-bond acceptors (Lipinski definition) is 3. The third kappa shape index (κ3) is 3.23. The first kappa shape index (κ1) is 14.7. The molecule has 3 nitrogen and oxygen atoms in total. The number of halogens is 1. The number of nitrogens with zero attached hydrogens (tertiary/aromatic N) is 1. The number of hydrogen-bond donors (Lipinski definition) is 0. The Hall–Kier alpha value is -0.740. The summed E-state index contributed by atoms with van der Waals surface area (Å²) >= 11 is 6.22. The predicted molar refractivity (Wildman–Crippen MR) is 79.8 cm³/mol. The summed E-state index contributed by atoms with van der Waals surface area (Å²) < 4.78 is 23.5. The van der Waals surface area contributed by atoms with E-state index in [1.54, 1.807) is 19.1 Å². The first-order chi connectivity index (χ1) is 8.94. The van der Waals surface area contributed by atoms with Crippen LogP contribution in [0.2, 0.25) is 0 Å². The number of alkyl halides is 1. The molecule has 2 unspecified atom stereocenters. The minimum Gasteiger partial charge on any atom is -0.371 e. The fourth-order valence-electron chi connectivity index (χ4n) is 2.38. The zero-order chi connectivity index (χ0) is 14.0. The Bertz CT molecular complexity index is 527. The zero-order valence-corrected chi connectivity index (χ0v) is 12.9. The van der Waals surface area contributed by atoms with Crippen LogP contribution in [0.5, 0.6) is 0 Å². The molecule has 1 aliphatic rings. The average Bonchev–Trinajstić information content (AvgIpc) is 2.42.